The standard InChI is InChI=1S/C19H16N4O2/c1-10-13-2-3-14-16(15(13)8-12(9-20)17(10)24)22-18(23-19(14)25)11-4-6-21-7-5-11/h4-8,10,13,15H,2-3H2,1H3,(H,22,23,25). The Bertz CT molecular complexity index is 985. The topological polar surface area (TPSA) is 99.5 Å². The van der Waals surface area contributed by atoms with Gasteiger partial charge in [0.15, 0.2) is 5.78 Å². The first-order valence-corrected chi connectivity index (χ1v) is 8.29. The highest BCUT2D eigenvalue weighted by Crippen LogP contribution is 2.44. The molecule has 4 rings (SSSR count). The van der Waals surface area contributed by atoms with Crippen LogP contribution in [0.4, 0.5) is 0 Å². The van der Waals surface area contributed by atoms with Gasteiger partial charge in [-0.25, -0.2) is 4.98 Å². The molecule has 6 nitrogen and oxygen atoms in total. The fraction of sp³-hybridized carbons (Fsp3) is 0.316. The number of Topliss-reactive ketones (excluding diaryl/α,β-unsaturated/α-hetero) is 1. The van der Waals surface area contributed by atoms with E-state index in [0.717, 1.165) is 12.0 Å². The lowest BCUT2D eigenvalue weighted by Crippen LogP contribution is -2.37. The molecule has 0 fully saturated rings. The molecular weight excluding hydrogens is 316 g/mol. The van der Waals surface area contributed by atoms with Gasteiger partial charge in [0, 0.05) is 35.4 Å². The molecular formula is C19H16N4O2. The Morgan fingerprint density at radius 1 is 1.28 bits per heavy atom. The summed E-state index contributed by atoms with van der Waals surface area (Å²) in [6, 6.07) is 5.57. The Labute approximate surface area is 144 Å². The van der Waals surface area contributed by atoms with E-state index in [0.29, 0.717) is 23.5 Å². The molecule has 124 valence electrons. The van der Waals surface area contributed by atoms with Crippen LogP contribution in [0.5, 0.6) is 0 Å². The number of hydrogen-bond donors (Lipinski definition) is 1. The zero-order valence-electron chi connectivity index (χ0n) is 13.7. The Balaban J connectivity index is 1.90. The first kappa shape index (κ1) is 15.5. The van der Waals surface area contributed by atoms with E-state index in [1.54, 1.807) is 30.6 Å². The van der Waals surface area contributed by atoms with E-state index in [1.165, 1.54) is 0 Å². The summed E-state index contributed by atoms with van der Waals surface area (Å²) >= 11 is 0. The Hall–Kier alpha value is -3.07. The van der Waals surface area contributed by atoms with Crippen LogP contribution in [-0.4, -0.2) is 20.7 Å². The van der Waals surface area contributed by atoms with Crippen molar-refractivity contribution >= 4 is 5.78 Å². The average molecular weight is 332 g/mol. The quantitative estimate of drug-likeness (QED) is 0.862. The molecule has 6 heteroatoms. The maximum Gasteiger partial charge on any atom is 0.254 e. The third-order valence-corrected chi connectivity index (χ3v) is 5.29. The first-order chi connectivity index (χ1) is 12.1. The smallest absolute Gasteiger partial charge is 0.254 e. The van der Waals surface area contributed by atoms with Crippen molar-refractivity contribution in [3.63, 3.8) is 0 Å². The third-order valence-electron chi connectivity index (χ3n) is 5.29. The number of aromatic nitrogens is 3. The number of allylic oxidation sites excluding steroid dienone is 2. The van der Waals surface area contributed by atoms with Crippen molar-refractivity contribution in [3.8, 4) is 17.5 Å². The molecule has 2 aliphatic rings. The van der Waals surface area contributed by atoms with Gasteiger partial charge in [0.05, 0.1) is 11.3 Å². The minimum Gasteiger partial charge on any atom is -0.306 e. The number of hydrogen-bond acceptors (Lipinski definition) is 5. The number of carbonyl (C=O) groups excluding carboxylic acids is 1. The monoisotopic (exact) mass is 332 g/mol. The first-order valence-electron chi connectivity index (χ1n) is 8.29. The van der Waals surface area contributed by atoms with E-state index in [1.807, 2.05) is 13.0 Å². The summed E-state index contributed by atoms with van der Waals surface area (Å²) < 4.78 is 0. The number of rotatable bonds is 1. The molecule has 2 aromatic rings. The summed E-state index contributed by atoms with van der Waals surface area (Å²) in [5.41, 5.74) is 2.16. The maximum absolute atomic E-state index is 12.6. The van der Waals surface area contributed by atoms with Crippen LogP contribution in [0.15, 0.2) is 41.0 Å². The van der Waals surface area contributed by atoms with E-state index in [4.69, 9.17) is 4.98 Å². The summed E-state index contributed by atoms with van der Waals surface area (Å²) in [6.07, 6.45) is 6.34. The second-order valence-corrected chi connectivity index (χ2v) is 6.59. The largest absolute Gasteiger partial charge is 0.306 e. The predicted molar refractivity (Wildman–Crippen MR) is 90.5 cm³/mol. The van der Waals surface area contributed by atoms with Gasteiger partial charge in [-0.15, -0.1) is 0 Å². The van der Waals surface area contributed by atoms with Crippen molar-refractivity contribution in [2.24, 2.45) is 11.8 Å². The lowest BCUT2D eigenvalue weighted by atomic mass is 9.66. The van der Waals surface area contributed by atoms with E-state index >= 15 is 0 Å². The van der Waals surface area contributed by atoms with E-state index in [2.05, 4.69) is 9.97 Å². The molecule has 0 aliphatic heterocycles. The van der Waals surface area contributed by atoms with Crippen LogP contribution in [0.2, 0.25) is 0 Å². The molecule has 0 spiro atoms. The van der Waals surface area contributed by atoms with Gasteiger partial charge >= 0.3 is 0 Å². The second kappa shape index (κ2) is 5.78. The molecule has 25 heavy (non-hydrogen) atoms. The Morgan fingerprint density at radius 3 is 2.76 bits per heavy atom. The van der Waals surface area contributed by atoms with Crippen molar-refractivity contribution in [3.05, 3.63) is 57.8 Å². The second-order valence-electron chi connectivity index (χ2n) is 6.59. The number of fused-ring (bicyclic) bond motifs is 3. The van der Waals surface area contributed by atoms with Crippen molar-refractivity contribution in [2.75, 3.05) is 0 Å². The van der Waals surface area contributed by atoms with E-state index in [-0.39, 0.29) is 34.7 Å². The highest BCUT2D eigenvalue weighted by molar-refractivity contribution is 6.01. The highest BCUT2D eigenvalue weighted by atomic mass is 16.1. The normalized spacial score (nSPS) is 24.7. The van der Waals surface area contributed by atoms with Gasteiger partial charge in [-0.05, 0) is 30.9 Å². The maximum atomic E-state index is 12.6. The summed E-state index contributed by atoms with van der Waals surface area (Å²) in [7, 11) is 0. The van der Waals surface area contributed by atoms with Crippen LogP contribution in [0.3, 0.4) is 0 Å². The fourth-order valence-electron chi connectivity index (χ4n) is 3.93. The van der Waals surface area contributed by atoms with Crippen LogP contribution in [0.1, 0.15) is 30.5 Å². The molecule has 2 aliphatic carbocycles. The zero-order chi connectivity index (χ0) is 17.6. The van der Waals surface area contributed by atoms with Gasteiger partial charge in [-0.3, -0.25) is 14.6 Å². The molecule has 3 atom stereocenters. The number of carbonyl (C=O) groups is 1. The number of nitriles is 1. The average Bonchev–Trinajstić information content (AvgIpc) is 2.65. The Kier molecular flexibility index (Phi) is 3.57. The molecule has 0 saturated heterocycles. The molecule has 2 heterocycles. The molecule has 1 N–H and O–H groups in total. The van der Waals surface area contributed by atoms with Crippen LogP contribution in [0, 0.1) is 23.2 Å². The van der Waals surface area contributed by atoms with Gasteiger partial charge in [-0.2, -0.15) is 5.26 Å². The number of ketones is 1. The van der Waals surface area contributed by atoms with Crippen LogP contribution < -0.4 is 5.56 Å². The minimum atomic E-state index is -0.233. The predicted octanol–water partition coefficient (Wildman–Crippen LogP) is 2.15. The summed E-state index contributed by atoms with van der Waals surface area (Å²) in [6.45, 7) is 1.87. The molecule has 3 unspecified atom stereocenters. The Morgan fingerprint density at radius 2 is 2.04 bits per heavy atom. The van der Waals surface area contributed by atoms with Crippen molar-refractivity contribution in [2.45, 2.75) is 25.7 Å². The van der Waals surface area contributed by atoms with Crippen molar-refractivity contribution in [1.82, 2.24) is 15.0 Å². The van der Waals surface area contributed by atoms with Crippen LogP contribution >= 0.6 is 0 Å². The third kappa shape index (κ3) is 2.40. The molecule has 0 saturated carbocycles. The number of H-pyrrole nitrogens is 1. The summed E-state index contributed by atoms with van der Waals surface area (Å²) in [4.78, 5) is 36.4. The van der Waals surface area contributed by atoms with E-state index in [9.17, 15) is 14.9 Å². The number of nitrogens with one attached hydrogen (secondary N) is 1. The van der Waals surface area contributed by atoms with E-state index < -0.39 is 0 Å². The molecule has 2 aromatic heterocycles. The van der Waals surface area contributed by atoms with Crippen molar-refractivity contribution < 1.29 is 4.79 Å². The van der Waals surface area contributed by atoms with Gasteiger partial charge in [0.2, 0.25) is 0 Å². The lowest BCUT2D eigenvalue weighted by Gasteiger charge is -2.37. The lowest BCUT2D eigenvalue weighted by molar-refractivity contribution is -0.120. The van der Waals surface area contributed by atoms with Gasteiger partial charge < -0.3 is 4.98 Å². The molecule has 0 amide bonds. The SMILES string of the molecule is CC1C(=O)C(C#N)=CC2c3nc(-c4ccncc4)[nH]c(=O)c3CCC12. The summed E-state index contributed by atoms with van der Waals surface area (Å²) in [5, 5.41) is 9.27. The molecule has 0 radical (unpaired) electrons. The van der Waals surface area contributed by atoms with Crippen LogP contribution in [0.25, 0.3) is 11.4 Å². The molecule has 0 bridgehead atoms. The summed E-state index contributed by atoms with van der Waals surface area (Å²) in [5.74, 6) is 0.0589. The van der Waals surface area contributed by atoms with Crippen LogP contribution in [-0.2, 0) is 11.2 Å². The van der Waals surface area contributed by atoms with Crippen molar-refractivity contribution in [1.29, 1.82) is 5.26 Å². The fourth-order valence-corrected chi connectivity index (χ4v) is 3.93. The minimum absolute atomic E-state index is 0.0803. The molecule has 0 aromatic carbocycles. The van der Waals surface area contributed by atoms with Gasteiger partial charge in [0.1, 0.15) is 11.9 Å². The van der Waals surface area contributed by atoms with Gasteiger partial charge in [0.25, 0.3) is 5.56 Å². The zero-order valence-corrected chi connectivity index (χ0v) is 13.7. The number of pyridine rings is 1. The number of aromatic amines is 1. The van der Waals surface area contributed by atoms with Gasteiger partial charge in [-0.1, -0.05) is 13.0 Å². The highest BCUT2D eigenvalue weighted by Gasteiger charge is 2.41. The number of nitrogens with zero attached hydrogens (tertiary/aromatic N) is 3.